The molecule has 1 atom stereocenters. The third kappa shape index (κ3) is 4.69. The molecule has 0 unspecified atom stereocenters. The summed E-state index contributed by atoms with van der Waals surface area (Å²) < 4.78 is 29.9. The Morgan fingerprint density at radius 1 is 0.886 bits per heavy atom. The molecule has 2 aliphatic rings. The highest BCUT2D eigenvalue weighted by atomic mass is 32.2. The van der Waals surface area contributed by atoms with Crippen molar-refractivity contribution < 1.29 is 13.2 Å². The Hall–Kier alpha value is -2.84. The van der Waals surface area contributed by atoms with Gasteiger partial charge in [-0.25, -0.2) is 8.42 Å². The number of piperidine rings is 1. The lowest BCUT2D eigenvalue weighted by Gasteiger charge is -2.37. The summed E-state index contributed by atoms with van der Waals surface area (Å²) in [6, 6.07) is 17.2. The third-order valence-electron chi connectivity index (χ3n) is 7.36. The fraction of sp³-hybridized carbons (Fsp3) is 0.444. The fourth-order valence-corrected chi connectivity index (χ4v) is 6.91. The molecule has 0 aliphatic carbocycles. The van der Waals surface area contributed by atoms with E-state index in [0.717, 1.165) is 43.3 Å². The highest BCUT2D eigenvalue weighted by Gasteiger charge is 2.29. The van der Waals surface area contributed by atoms with Crippen molar-refractivity contribution >= 4 is 32.5 Å². The average Bonchev–Trinajstić information content (AvgIpc) is 3.33. The number of nitrogens with zero attached hydrogens (tertiary/aromatic N) is 4. The lowest BCUT2D eigenvalue weighted by atomic mass is 10.1. The number of amides is 1. The normalized spacial score (nSPS) is 18.7. The second kappa shape index (κ2) is 10.0. The summed E-state index contributed by atoms with van der Waals surface area (Å²) >= 11 is 0. The van der Waals surface area contributed by atoms with E-state index in [4.69, 9.17) is 0 Å². The van der Waals surface area contributed by atoms with Crippen molar-refractivity contribution in [2.75, 3.05) is 44.2 Å². The van der Waals surface area contributed by atoms with Gasteiger partial charge >= 0.3 is 0 Å². The van der Waals surface area contributed by atoms with Crippen molar-refractivity contribution in [2.45, 2.75) is 43.5 Å². The van der Waals surface area contributed by atoms with Crippen molar-refractivity contribution in [2.24, 2.45) is 0 Å². The minimum absolute atomic E-state index is 0.128. The monoisotopic (exact) mass is 494 g/mol. The Balaban J connectivity index is 1.33. The Morgan fingerprint density at radius 3 is 2.29 bits per heavy atom. The summed E-state index contributed by atoms with van der Waals surface area (Å²) in [6.07, 6.45) is 5.51. The quantitative estimate of drug-likeness (QED) is 0.517. The van der Waals surface area contributed by atoms with E-state index in [1.165, 1.54) is 5.69 Å². The molecule has 186 valence electrons. The van der Waals surface area contributed by atoms with Crippen LogP contribution in [0.3, 0.4) is 0 Å². The van der Waals surface area contributed by atoms with Gasteiger partial charge in [-0.2, -0.15) is 4.31 Å². The molecule has 2 fully saturated rings. The molecule has 0 radical (unpaired) electrons. The lowest BCUT2D eigenvalue weighted by Crippen LogP contribution is -2.50. The van der Waals surface area contributed by atoms with Crippen molar-refractivity contribution in [3.8, 4) is 0 Å². The van der Waals surface area contributed by atoms with Gasteiger partial charge in [0, 0.05) is 62.1 Å². The van der Waals surface area contributed by atoms with Gasteiger partial charge in [0.25, 0.3) is 0 Å². The van der Waals surface area contributed by atoms with E-state index < -0.39 is 10.0 Å². The zero-order chi connectivity index (χ0) is 24.4. The number of anilines is 1. The van der Waals surface area contributed by atoms with Crippen LogP contribution in [0.1, 0.15) is 38.6 Å². The summed E-state index contributed by atoms with van der Waals surface area (Å²) in [6.45, 7) is 6.23. The predicted molar refractivity (Wildman–Crippen MR) is 139 cm³/mol. The summed E-state index contributed by atoms with van der Waals surface area (Å²) in [5, 5.41) is 0.850. The number of para-hydroxylation sites is 1. The predicted octanol–water partition coefficient (Wildman–Crippen LogP) is 4.12. The molecule has 3 aromatic rings. The molecule has 2 saturated heterocycles. The average molecular weight is 495 g/mol. The maximum Gasteiger partial charge on any atom is 0.245 e. The minimum atomic E-state index is -3.49. The van der Waals surface area contributed by atoms with Crippen LogP contribution in [0, 0.1) is 0 Å². The molecule has 8 heteroatoms. The molecule has 2 aromatic carbocycles. The standard InChI is InChI=1S/C27H34N4O3S/c1-2-25(27(32)29-19-17-28(18-20-29)23-9-5-3-6-10-23)31-16-13-22-21-24(11-12-26(22)31)35(33,34)30-14-7-4-8-15-30/h3,5-6,9-13,16,21,25H,2,4,7-8,14-15,17-20H2,1H3/t25-/m1/s1. The maximum absolute atomic E-state index is 13.5. The first-order valence-electron chi connectivity index (χ1n) is 12.7. The zero-order valence-corrected chi connectivity index (χ0v) is 21.2. The van der Waals surface area contributed by atoms with Crippen molar-refractivity contribution in [3.05, 3.63) is 60.8 Å². The van der Waals surface area contributed by atoms with E-state index in [1.54, 1.807) is 16.4 Å². The van der Waals surface area contributed by atoms with E-state index in [9.17, 15) is 13.2 Å². The smallest absolute Gasteiger partial charge is 0.245 e. The van der Waals surface area contributed by atoms with Gasteiger partial charge in [-0.15, -0.1) is 0 Å². The van der Waals surface area contributed by atoms with Crippen LogP contribution in [0.25, 0.3) is 10.9 Å². The van der Waals surface area contributed by atoms with Gasteiger partial charge in [-0.3, -0.25) is 4.79 Å². The van der Waals surface area contributed by atoms with Crippen LogP contribution in [-0.2, 0) is 14.8 Å². The van der Waals surface area contributed by atoms with Crippen LogP contribution >= 0.6 is 0 Å². The highest BCUT2D eigenvalue weighted by Crippen LogP contribution is 2.29. The largest absolute Gasteiger partial charge is 0.368 e. The second-order valence-corrected chi connectivity index (χ2v) is 11.4. The summed E-state index contributed by atoms with van der Waals surface area (Å²) in [5.74, 6) is 0.128. The molecular weight excluding hydrogens is 460 g/mol. The number of hydrogen-bond acceptors (Lipinski definition) is 4. The van der Waals surface area contributed by atoms with E-state index >= 15 is 0 Å². The Morgan fingerprint density at radius 2 is 1.60 bits per heavy atom. The second-order valence-electron chi connectivity index (χ2n) is 9.48. The highest BCUT2D eigenvalue weighted by molar-refractivity contribution is 7.89. The van der Waals surface area contributed by atoms with Crippen molar-refractivity contribution in [1.29, 1.82) is 0 Å². The van der Waals surface area contributed by atoms with Crippen LogP contribution in [0.15, 0.2) is 65.7 Å². The van der Waals surface area contributed by atoms with E-state index in [-0.39, 0.29) is 11.9 Å². The SMILES string of the molecule is CC[C@H](C(=O)N1CCN(c2ccccc2)CC1)n1ccc2cc(S(=O)(=O)N3CCCCC3)ccc21. The number of fused-ring (bicyclic) bond motifs is 1. The van der Waals surface area contributed by atoms with E-state index in [2.05, 4.69) is 17.0 Å². The molecule has 7 nitrogen and oxygen atoms in total. The summed E-state index contributed by atoms with van der Waals surface area (Å²) in [7, 11) is -3.49. The van der Waals surface area contributed by atoms with Gasteiger partial charge in [0.15, 0.2) is 0 Å². The van der Waals surface area contributed by atoms with Gasteiger partial charge in [-0.05, 0) is 55.7 Å². The van der Waals surface area contributed by atoms with Crippen LogP contribution in [0.5, 0.6) is 0 Å². The van der Waals surface area contributed by atoms with Crippen LogP contribution < -0.4 is 4.90 Å². The summed E-state index contributed by atoms with van der Waals surface area (Å²) in [4.78, 5) is 18.2. The van der Waals surface area contributed by atoms with Gasteiger partial charge in [-0.1, -0.05) is 31.5 Å². The lowest BCUT2D eigenvalue weighted by molar-refractivity contribution is -0.135. The molecule has 0 saturated carbocycles. The van der Waals surface area contributed by atoms with Crippen LogP contribution in [0.4, 0.5) is 5.69 Å². The third-order valence-corrected chi connectivity index (χ3v) is 9.26. The first-order chi connectivity index (χ1) is 17.0. The van der Waals surface area contributed by atoms with E-state index in [0.29, 0.717) is 37.5 Å². The molecule has 5 rings (SSSR count). The molecule has 1 aromatic heterocycles. The first kappa shape index (κ1) is 23.9. The van der Waals surface area contributed by atoms with Crippen molar-refractivity contribution in [1.82, 2.24) is 13.8 Å². The number of hydrogen-bond donors (Lipinski definition) is 0. The van der Waals surface area contributed by atoms with Gasteiger partial charge < -0.3 is 14.4 Å². The van der Waals surface area contributed by atoms with Gasteiger partial charge in [0.1, 0.15) is 6.04 Å². The number of aromatic nitrogens is 1. The maximum atomic E-state index is 13.5. The number of piperazine rings is 1. The fourth-order valence-electron chi connectivity index (χ4n) is 5.35. The zero-order valence-electron chi connectivity index (χ0n) is 20.3. The number of sulfonamides is 1. The molecule has 2 aliphatic heterocycles. The van der Waals surface area contributed by atoms with Gasteiger partial charge in [0.2, 0.25) is 15.9 Å². The molecule has 3 heterocycles. The first-order valence-corrected chi connectivity index (χ1v) is 14.1. The molecule has 1 amide bonds. The Bertz CT molecular complexity index is 1270. The molecular formula is C27H34N4O3S. The van der Waals surface area contributed by atoms with Crippen molar-refractivity contribution in [3.63, 3.8) is 0 Å². The molecule has 35 heavy (non-hydrogen) atoms. The topological polar surface area (TPSA) is 65.9 Å². The molecule has 0 bridgehead atoms. The minimum Gasteiger partial charge on any atom is -0.368 e. The van der Waals surface area contributed by atoms with Crippen LogP contribution in [-0.4, -0.2) is 67.4 Å². The number of rotatable bonds is 6. The molecule has 0 N–H and O–H groups in total. The summed E-state index contributed by atoms with van der Waals surface area (Å²) in [5.41, 5.74) is 2.09. The van der Waals surface area contributed by atoms with Crippen LogP contribution in [0.2, 0.25) is 0 Å². The molecule has 0 spiro atoms. The number of carbonyl (C=O) groups excluding carboxylic acids is 1. The Labute approximate surface area is 208 Å². The van der Waals surface area contributed by atoms with E-state index in [1.807, 2.05) is 52.9 Å². The Kier molecular flexibility index (Phi) is 6.84. The number of benzene rings is 2. The van der Waals surface area contributed by atoms with Gasteiger partial charge in [0.05, 0.1) is 4.90 Å². The number of carbonyl (C=O) groups is 1.